The van der Waals surface area contributed by atoms with E-state index in [1.807, 2.05) is 31.2 Å². The Morgan fingerprint density at radius 3 is 2.07 bits per heavy atom. The number of anilines is 2. The van der Waals surface area contributed by atoms with Gasteiger partial charge in [-0.25, -0.2) is 8.42 Å². The lowest BCUT2D eigenvalue weighted by Crippen LogP contribution is -2.13. The Labute approximate surface area is 178 Å². The standard InChI is InChI=1S/C21H20BrN3O3S/c1-15(23-24-18-7-5-17(22)6-8-18)16-3-13-21(14-4-16)29(26,27)25-19-9-11-20(28-2)12-10-19/h3-14,24-25H,1-2H3/b23-15-. The van der Waals surface area contributed by atoms with Crippen LogP contribution in [0.15, 0.2) is 87.3 Å². The lowest BCUT2D eigenvalue weighted by atomic mass is 10.1. The van der Waals surface area contributed by atoms with Gasteiger partial charge < -0.3 is 4.74 Å². The number of hydrazone groups is 1. The van der Waals surface area contributed by atoms with Crippen molar-refractivity contribution in [3.63, 3.8) is 0 Å². The van der Waals surface area contributed by atoms with Gasteiger partial charge in [0.25, 0.3) is 10.0 Å². The van der Waals surface area contributed by atoms with Crippen LogP contribution < -0.4 is 14.9 Å². The minimum Gasteiger partial charge on any atom is -0.497 e. The van der Waals surface area contributed by atoms with Crippen LogP contribution >= 0.6 is 15.9 Å². The molecule has 0 heterocycles. The first-order valence-corrected chi connectivity index (χ1v) is 11.0. The van der Waals surface area contributed by atoms with Gasteiger partial charge in [0.05, 0.1) is 23.4 Å². The zero-order valence-electron chi connectivity index (χ0n) is 15.9. The van der Waals surface area contributed by atoms with Crippen molar-refractivity contribution >= 4 is 43.0 Å². The second-order valence-corrected chi connectivity index (χ2v) is 8.77. The van der Waals surface area contributed by atoms with E-state index in [0.717, 1.165) is 21.4 Å². The summed E-state index contributed by atoms with van der Waals surface area (Å²) in [5.41, 5.74) is 5.86. The third kappa shape index (κ3) is 5.58. The molecule has 0 aliphatic carbocycles. The van der Waals surface area contributed by atoms with E-state index in [1.54, 1.807) is 55.6 Å². The molecule has 3 rings (SSSR count). The number of hydrogen-bond donors (Lipinski definition) is 2. The molecule has 0 bridgehead atoms. The number of methoxy groups -OCH3 is 1. The molecule has 0 aliphatic rings. The quantitative estimate of drug-likeness (QED) is 0.369. The van der Waals surface area contributed by atoms with E-state index in [0.29, 0.717) is 11.4 Å². The summed E-state index contributed by atoms with van der Waals surface area (Å²) < 4.78 is 33.8. The minimum absolute atomic E-state index is 0.172. The molecule has 0 aromatic heterocycles. The van der Waals surface area contributed by atoms with E-state index in [-0.39, 0.29) is 4.90 Å². The highest BCUT2D eigenvalue weighted by atomic mass is 79.9. The van der Waals surface area contributed by atoms with Gasteiger partial charge in [-0.2, -0.15) is 5.10 Å². The van der Waals surface area contributed by atoms with Crippen molar-refractivity contribution in [3.05, 3.63) is 82.8 Å². The first-order chi connectivity index (χ1) is 13.9. The van der Waals surface area contributed by atoms with E-state index >= 15 is 0 Å². The van der Waals surface area contributed by atoms with Crippen molar-refractivity contribution in [2.75, 3.05) is 17.3 Å². The number of nitrogens with zero attached hydrogens (tertiary/aromatic N) is 1. The van der Waals surface area contributed by atoms with E-state index in [2.05, 4.69) is 31.2 Å². The van der Waals surface area contributed by atoms with Crippen LogP contribution in [-0.4, -0.2) is 21.2 Å². The van der Waals surface area contributed by atoms with Gasteiger partial charge in [0.15, 0.2) is 0 Å². The average Bonchev–Trinajstić information content (AvgIpc) is 2.73. The van der Waals surface area contributed by atoms with Crippen LogP contribution in [0.25, 0.3) is 0 Å². The highest BCUT2D eigenvalue weighted by molar-refractivity contribution is 9.10. The Morgan fingerprint density at radius 1 is 0.897 bits per heavy atom. The predicted molar refractivity (Wildman–Crippen MR) is 120 cm³/mol. The number of benzene rings is 3. The second kappa shape index (κ2) is 9.11. The Hall–Kier alpha value is -2.84. The van der Waals surface area contributed by atoms with Crippen molar-refractivity contribution in [2.24, 2.45) is 5.10 Å². The lowest BCUT2D eigenvalue weighted by Gasteiger charge is -2.10. The fraction of sp³-hybridized carbons (Fsp3) is 0.0952. The van der Waals surface area contributed by atoms with E-state index in [4.69, 9.17) is 4.74 Å². The van der Waals surface area contributed by atoms with E-state index < -0.39 is 10.0 Å². The maximum atomic E-state index is 12.6. The Morgan fingerprint density at radius 2 is 1.48 bits per heavy atom. The fourth-order valence-electron chi connectivity index (χ4n) is 2.49. The average molecular weight is 474 g/mol. The molecule has 3 aromatic carbocycles. The van der Waals surface area contributed by atoms with Gasteiger partial charge in [0.2, 0.25) is 0 Å². The molecule has 0 atom stereocenters. The SMILES string of the molecule is COc1ccc(NS(=O)(=O)c2ccc(/C(C)=N\Nc3ccc(Br)cc3)cc2)cc1. The zero-order chi connectivity index (χ0) is 20.9. The van der Waals surface area contributed by atoms with Gasteiger partial charge in [0.1, 0.15) is 5.75 Å². The van der Waals surface area contributed by atoms with Gasteiger partial charge in [-0.3, -0.25) is 10.1 Å². The normalized spacial score (nSPS) is 11.8. The van der Waals surface area contributed by atoms with Gasteiger partial charge >= 0.3 is 0 Å². The topological polar surface area (TPSA) is 79.8 Å². The zero-order valence-corrected chi connectivity index (χ0v) is 18.3. The molecule has 0 amide bonds. The number of hydrogen-bond acceptors (Lipinski definition) is 5. The highest BCUT2D eigenvalue weighted by Gasteiger charge is 2.14. The van der Waals surface area contributed by atoms with Gasteiger partial charge in [0, 0.05) is 10.2 Å². The van der Waals surface area contributed by atoms with Gasteiger partial charge in [-0.1, -0.05) is 28.1 Å². The fourth-order valence-corrected chi connectivity index (χ4v) is 3.81. The summed E-state index contributed by atoms with van der Waals surface area (Å²) in [5.74, 6) is 0.656. The van der Waals surface area contributed by atoms with Crippen LogP contribution in [0.2, 0.25) is 0 Å². The molecule has 29 heavy (non-hydrogen) atoms. The third-order valence-electron chi connectivity index (χ3n) is 4.12. The molecule has 0 saturated heterocycles. The van der Waals surface area contributed by atoms with Crippen LogP contribution in [0.1, 0.15) is 12.5 Å². The highest BCUT2D eigenvalue weighted by Crippen LogP contribution is 2.20. The second-order valence-electron chi connectivity index (χ2n) is 6.17. The summed E-state index contributed by atoms with van der Waals surface area (Å²) in [7, 11) is -2.13. The molecular formula is C21H20BrN3O3S. The molecule has 3 aromatic rings. The number of nitrogens with one attached hydrogen (secondary N) is 2. The third-order valence-corrected chi connectivity index (χ3v) is 6.05. The monoisotopic (exact) mass is 473 g/mol. The lowest BCUT2D eigenvalue weighted by molar-refractivity contribution is 0.415. The van der Waals surface area contributed by atoms with Crippen molar-refractivity contribution in [2.45, 2.75) is 11.8 Å². The van der Waals surface area contributed by atoms with Crippen molar-refractivity contribution in [1.82, 2.24) is 0 Å². The number of ether oxygens (including phenoxy) is 1. The molecule has 0 saturated carbocycles. The van der Waals surface area contributed by atoms with Crippen molar-refractivity contribution < 1.29 is 13.2 Å². The van der Waals surface area contributed by atoms with E-state index in [1.165, 1.54) is 0 Å². The summed E-state index contributed by atoms with van der Waals surface area (Å²) in [6.07, 6.45) is 0. The predicted octanol–water partition coefficient (Wildman–Crippen LogP) is 5.09. The Balaban J connectivity index is 1.70. The molecule has 0 spiro atoms. The van der Waals surface area contributed by atoms with Crippen LogP contribution in [0.3, 0.4) is 0 Å². The first kappa shape index (κ1) is 20.9. The molecule has 0 fully saturated rings. The molecular weight excluding hydrogens is 454 g/mol. The summed E-state index contributed by atoms with van der Waals surface area (Å²) in [6.45, 7) is 1.85. The summed E-state index contributed by atoms with van der Waals surface area (Å²) >= 11 is 3.39. The maximum Gasteiger partial charge on any atom is 0.261 e. The molecule has 6 nitrogen and oxygen atoms in total. The Bertz CT molecular complexity index is 1100. The van der Waals surface area contributed by atoms with Crippen LogP contribution in [0.4, 0.5) is 11.4 Å². The largest absolute Gasteiger partial charge is 0.497 e. The Kier molecular flexibility index (Phi) is 6.56. The van der Waals surface area contributed by atoms with Crippen molar-refractivity contribution in [1.29, 1.82) is 0 Å². The summed E-state index contributed by atoms with van der Waals surface area (Å²) in [4.78, 5) is 0.172. The molecule has 0 radical (unpaired) electrons. The number of rotatable bonds is 7. The molecule has 0 unspecified atom stereocenters. The first-order valence-electron chi connectivity index (χ1n) is 8.70. The molecule has 2 N–H and O–H groups in total. The van der Waals surface area contributed by atoms with Gasteiger partial charge in [-0.05, 0) is 73.2 Å². The maximum absolute atomic E-state index is 12.6. The summed E-state index contributed by atoms with van der Waals surface area (Å²) in [6, 6.07) is 20.9. The molecule has 150 valence electrons. The number of sulfonamides is 1. The van der Waals surface area contributed by atoms with Crippen LogP contribution in [-0.2, 0) is 10.0 Å². The molecule has 0 aliphatic heterocycles. The van der Waals surface area contributed by atoms with Crippen LogP contribution in [0, 0.1) is 0 Å². The van der Waals surface area contributed by atoms with Gasteiger partial charge in [-0.15, -0.1) is 0 Å². The van der Waals surface area contributed by atoms with Crippen LogP contribution in [0.5, 0.6) is 5.75 Å². The minimum atomic E-state index is -3.69. The smallest absolute Gasteiger partial charge is 0.261 e. The van der Waals surface area contributed by atoms with Crippen molar-refractivity contribution in [3.8, 4) is 5.75 Å². The number of halogens is 1. The molecule has 8 heteroatoms. The van der Waals surface area contributed by atoms with E-state index in [9.17, 15) is 8.42 Å². The summed E-state index contributed by atoms with van der Waals surface area (Å²) in [5, 5.41) is 4.34.